The molecule has 2 aromatic heterocycles. The Morgan fingerprint density at radius 1 is 1.10 bits per heavy atom. The second-order valence-electron chi connectivity index (χ2n) is 4.74. The van der Waals surface area contributed by atoms with Gasteiger partial charge in [0.25, 0.3) is 0 Å². The standard InChI is InChI=1S/C13H13FN6O/c14-12-4-2-1-3-11(12)13(21,5-19-9-16-17-10-19)6-20-8-15-7-18-20/h1-4,7-10,21H,5-6H2. The van der Waals surface area contributed by atoms with Crippen molar-refractivity contribution in [2.24, 2.45) is 0 Å². The Balaban J connectivity index is 1.99. The third-order valence-electron chi connectivity index (χ3n) is 3.18. The van der Waals surface area contributed by atoms with Gasteiger partial charge in [0, 0.05) is 5.56 Å². The van der Waals surface area contributed by atoms with Gasteiger partial charge >= 0.3 is 0 Å². The zero-order valence-corrected chi connectivity index (χ0v) is 11.0. The number of benzene rings is 1. The van der Waals surface area contributed by atoms with Crippen molar-refractivity contribution >= 4 is 0 Å². The molecule has 7 nitrogen and oxygen atoms in total. The first-order chi connectivity index (χ1) is 10.2. The van der Waals surface area contributed by atoms with Crippen molar-refractivity contribution in [3.8, 4) is 0 Å². The summed E-state index contributed by atoms with van der Waals surface area (Å²) in [5, 5.41) is 22.4. The van der Waals surface area contributed by atoms with Crippen LogP contribution < -0.4 is 0 Å². The molecule has 8 heteroatoms. The molecular weight excluding hydrogens is 275 g/mol. The maximum absolute atomic E-state index is 14.1. The highest BCUT2D eigenvalue weighted by Crippen LogP contribution is 2.27. The van der Waals surface area contributed by atoms with Crippen molar-refractivity contribution in [3.63, 3.8) is 0 Å². The summed E-state index contributed by atoms with van der Waals surface area (Å²) in [7, 11) is 0. The van der Waals surface area contributed by atoms with E-state index >= 15 is 0 Å². The lowest BCUT2D eigenvalue weighted by Gasteiger charge is -2.29. The van der Waals surface area contributed by atoms with Gasteiger partial charge in [0.1, 0.15) is 36.7 Å². The van der Waals surface area contributed by atoms with Crippen LogP contribution in [0.4, 0.5) is 4.39 Å². The summed E-state index contributed by atoms with van der Waals surface area (Å²) in [6, 6.07) is 6.12. The van der Waals surface area contributed by atoms with Crippen molar-refractivity contribution in [2.75, 3.05) is 0 Å². The molecule has 0 fully saturated rings. The fraction of sp³-hybridized carbons (Fsp3) is 0.231. The predicted molar refractivity (Wildman–Crippen MR) is 70.3 cm³/mol. The Kier molecular flexibility index (Phi) is 3.44. The van der Waals surface area contributed by atoms with Crippen LogP contribution in [0.25, 0.3) is 0 Å². The molecule has 0 saturated carbocycles. The molecule has 1 unspecified atom stereocenters. The third-order valence-corrected chi connectivity index (χ3v) is 3.18. The monoisotopic (exact) mass is 288 g/mol. The molecule has 0 aliphatic rings. The molecule has 0 aliphatic heterocycles. The average molecular weight is 288 g/mol. The summed E-state index contributed by atoms with van der Waals surface area (Å²) in [6.07, 6.45) is 5.76. The number of aliphatic hydroxyl groups is 1. The molecule has 1 aromatic carbocycles. The Morgan fingerprint density at radius 2 is 1.86 bits per heavy atom. The van der Waals surface area contributed by atoms with E-state index < -0.39 is 11.4 Å². The molecule has 0 spiro atoms. The highest BCUT2D eigenvalue weighted by atomic mass is 19.1. The summed E-state index contributed by atoms with van der Waals surface area (Å²) in [5.41, 5.74) is -1.31. The molecule has 3 aromatic rings. The minimum absolute atomic E-state index is 0.0616. The quantitative estimate of drug-likeness (QED) is 0.743. The Bertz CT molecular complexity index is 661. The smallest absolute Gasteiger partial charge is 0.137 e. The van der Waals surface area contributed by atoms with Gasteiger partial charge in [-0.2, -0.15) is 5.10 Å². The van der Waals surface area contributed by atoms with Gasteiger partial charge < -0.3 is 9.67 Å². The Hall–Kier alpha value is -2.61. The fourth-order valence-corrected chi connectivity index (χ4v) is 2.25. The minimum atomic E-state index is -1.50. The summed E-state index contributed by atoms with van der Waals surface area (Å²) in [5.74, 6) is -0.479. The summed E-state index contributed by atoms with van der Waals surface area (Å²) in [4.78, 5) is 3.83. The van der Waals surface area contributed by atoms with Gasteiger partial charge in [-0.15, -0.1) is 10.2 Å². The third kappa shape index (κ3) is 2.79. The Morgan fingerprint density at radius 3 is 2.52 bits per heavy atom. The zero-order chi connectivity index (χ0) is 14.7. The van der Waals surface area contributed by atoms with Crippen molar-refractivity contribution < 1.29 is 9.50 Å². The highest BCUT2D eigenvalue weighted by Gasteiger charge is 2.33. The topological polar surface area (TPSA) is 81.6 Å². The van der Waals surface area contributed by atoms with Crippen molar-refractivity contribution in [1.82, 2.24) is 29.5 Å². The number of hydrogen-bond acceptors (Lipinski definition) is 5. The lowest BCUT2D eigenvalue weighted by Crippen LogP contribution is -2.37. The first-order valence-electron chi connectivity index (χ1n) is 6.30. The fourth-order valence-electron chi connectivity index (χ4n) is 2.25. The number of nitrogens with zero attached hydrogens (tertiary/aromatic N) is 6. The molecule has 0 aliphatic carbocycles. The minimum Gasteiger partial charge on any atom is -0.381 e. The van der Waals surface area contributed by atoms with Crippen LogP contribution in [0.3, 0.4) is 0 Å². The first kappa shape index (κ1) is 13.4. The van der Waals surface area contributed by atoms with Gasteiger partial charge in [-0.05, 0) is 6.07 Å². The molecular formula is C13H13FN6O. The second kappa shape index (κ2) is 5.41. The molecule has 108 valence electrons. The molecule has 2 heterocycles. The summed E-state index contributed by atoms with van der Waals surface area (Å²) >= 11 is 0. The van der Waals surface area contributed by atoms with Crippen LogP contribution in [0.15, 0.2) is 49.6 Å². The van der Waals surface area contributed by atoms with Gasteiger partial charge in [0.05, 0.1) is 13.1 Å². The molecule has 0 bridgehead atoms. The van der Waals surface area contributed by atoms with Crippen LogP contribution in [0.5, 0.6) is 0 Å². The van der Waals surface area contributed by atoms with Gasteiger partial charge in [-0.1, -0.05) is 18.2 Å². The van der Waals surface area contributed by atoms with Crippen LogP contribution in [-0.2, 0) is 18.7 Å². The summed E-state index contributed by atoms with van der Waals surface area (Å²) in [6.45, 7) is 0.160. The van der Waals surface area contributed by atoms with E-state index in [2.05, 4.69) is 20.3 Å². The van der Waals surface area contributed by atoms with E-state index in [4.69, 9.17) is 0 Å². The summed E-state index contributed by atoms with van der Waals surface area (Å²) < 4.78 is 17.1. The van der Waals surface area contributed by atoms with E-state index in [1.54, 1.807) is 22.8 Å². The second-order valence-corrected chi connectivity index (χ2v) is 4.74. The highest BCUT2D eigenvalue weighted by molar-refractivity contribution is 5.24. The number of halogens is 1. The van der Waals surface area contributed by atoms with Crippen molar-refractivity contribution in [2.45, 2.75) is 18.7 Å². The van der Waals surface area contributed by atoms with Crippen LogP contribution in [0.2, 0.25) is 0 Å². The van der Waals surface area contributed by atoms with Gasteiger partial charge in [-0.3, -0.25) is 0 Å². The van der Waals surface area contributed by atoms with E-state index in [0.29, 0.717) is 0 Å². The molecule has 3 rings (SSSR count). The number of aromatic nitrogens is 6. The average Bonchev–Trinajstić information content (AvgIpc) is 3.13. The molecule has 0 amide bonds. The van der Waals surface area contributed by atoms with Crippen molar-refractivity contribution in [1.29, 1.82) is 0 Å². The van der Waals surface area contributed by atoms with Crippen LogP contribution in [-0.4, -0.2) is 34.6 Å². The molecule has 0 saturated heterocycles. The Labute approximate surface area is 119 Å². The van der Waals surface area contributed by atoms with E-state index in [1.807, 2.05) is 0 Å². The molecule has 0 radical (unpaired) electrons. The number of hydrogen-bond donors (Lipinski definition) is 1. The lowest BCUT2D eigenvalue weighted by molar-refractivity contribution is -0.00546. The van der Waals surface area contributed by atoms with Crippen LogP contribution in [0, 0.1) is 5.82 Å². The molecule has 21 heavy (non-hydrogen) atoms. The van der Waals surface area contributed by atoms with Gasteiger partial charge in [-0.25, -0.2) is 14.1 Å². The maximum atomic E-state index is 14.1. The van der Waals surface area contributed by atoms with Crippen LogP contribution >= 0.6 is 0 Å². The lowest BCUT2D eigenvalue weighted by atomic mass is 9.93. The first-order valence-corrected chi connectivity index (χ1v) is 6.30. The number of rotatable bonds is 5. The van der Waals surface area contributed by atoms with E-state index in [-0.39, 0.29) is 18.7 Å². The van der Waals surface area contributed by atoms with E-state index in [9.17, 15) is 9.50 Å². The zero-order valence-electron chi connectivity index (χ0n) is 11.0. The normalized spacial score (nSPS) is 14.0. The van der Waals surface area contributed by atoms with Gasteiger partial charge in [0.15, 0.2) is 0 Å². The van der Waals surface area contributed by atoms with E-state index in [1.165, 1.54) is 36.1 Å². The van der Waals surface area contributed by atoms with Gasteiger partial charge in [0.2, 0.25) is 0 Å². The van der Waals surface area contributed by atoms with Crippen molar-refractivity contribution in [3.05, 3.63) is 61.0 Å². The largest absolute Gasteiger partial charge is 0.381 e. The molecule has 1 N–H and O–H groups in total. The maximum Gasteiger partial charge on any atom is 0.137 e. The van der Waals surface area contributed by atoms with Crippen LogP contribution in [0.1, 0.15) is 5.56 Å². The molecule has 1 atom stereocenters. The SMILES string of the molecule is OC(Cn1cnnc1)(Cn1cncn1)c1ccccc1F. The van der Waals surface area contributed by atoms with E-state index in [0.717, 1.165) is 0 Å². The predicted octanol–water partition coefficient (Wildman–Crippen LogP) is 0.597.